The molecule has 0 aliphatic rings. The first-order valence-electron chi connectivity index (χ1n) is 6.95. The van der Waals surface area contributed by atoms with Crippen LogP contribution in [-0.2, 0) is 4.74 Å². The standard InChI is InChI=1S/C18H18O3/c1-13(2)12-21-18(20)16-11-7-6-10-15(16)17(19)14-8-4-3-5-9-14/h3-11,13H,12H2,1-2H3. The predicted octanol–water partition coefficient (Wildman–Crippen LogP) is 3.73. The van der Waals surface area contributed by atoms with Crippen molar-refractivity contribution in [2.45, 2.75) is 13.8 Å². The second kappa shape index (κ2) is 6.84. The molecule has 0 bridgehead atoms. The summed E-state index contributed by atoms with van der Waals surface area (Å²) in [6.45, 7) is 4.27. The first-order chi connectivity index (χ1) is 10.1. The van der Waals surface area contributed by atoms with Gasteiger partial charge in [-0.15, -0.1) is 0 Å². The molecule has 0 aromatic heterocycles. The summed E-state index contributed by atoms with van der Waals surface area (Å²) in [4.78, 5) is 24.6. The molecule has 108 valence electrons. The minimum atomic E-state index is -0.455. The average Bonchev–Trinajstić information content (AvgIpc) is 2.52. The first kappa shape index (κ1) is 15.0. The molecule has 0 N–H and O–H groups in total. The van der Waals surface area contributed by atoms with Gasteiger partial charge in [-0.1, -0.05) is 62.4 Å². The van der Waals surface area contributed by atoms with Crippen LogP contribution >= 0.6 is 0 Å². The van der Waals surface area contributed by atoms with Gasteiger partial charge in [-0.05, 0) is 12.0 Å². The van der Waals surface area contributed by atoms with Gasteiger partial charge < -0.3 is 4.74 Å². The van der Waals surface area contributed by atoms with E-state index in [1.165, 1.54) is 0 Å². The normalized spacial score (nSPS) is 10.4. The summed E-state index contributed by atoms with van der Waals surface area (Å²) in [5.74, 6) is -0.373. The lowest BCUT2D eigenvalue weighted by Gasteiger charge is -2.10. The zero-order chi connectivity index (χ0) is 15.2. The molecule has 0 aliphatic carbocycles. The van der Waals surface area contributed by atoms with Crippen molar-refractivity contribution >= 4 is 11.8 Å². The van der Waals surface area contributed by atoms with E-state index in [1.54, 1.807) is 48.5 Å². The summed E-state index contributed by atoms with van der Waals surface area (Å²) in [5.41, 5.74) is 1.24. The highest BCUT2D eigenvalue weighted by atomic mass is 16.5. The smallest absolute Gasteiger partial charge is 0.338 e. The van der Waals surface area contributed by atoms with Gasteiger partial charge in [0.05, 0.1) is 12.2 Å². The third-order valence-corrected chi connectivity index (χ3v) is 2.98. The number of benzene rings is 2. The second-order valence-corrected chi connectivity index (χ2v) is 5.23. The Labute approximate surface area is 124 Å². The lowest BCUT2D eigenvalue weighted by Crippen LogP contribution is -2.15. The molecular weight excluding hydrogens is 264 g/mol. The van der Waals surface area contributed by atoms with Crippen molar-refractivity contribution in [2.75, 3.05) is 6.61 Å². The van der Waals surface area contributed by atoms with Gasteiger partial charge in [0.25, 0.3) is 0 Å². The van der Waals surface area contributed by atoms with Crippen LogP contribution in [0.1, 0.15) is 40.1 Å². The maximum atomic E-state index is 12.5. The van der Waals surface area contributed by atoms with Crippen LogP contribution in [-0.4, -0.2) is 18.4 Å². The molecule has 21 heavy (non-hydrogen) atoms. The maximum absolute atomic E-state index is 12.5. The fourth-order valence-electron chi connectivity index (χ4n) is 1.92. The van der Waals surface area contributed by atoms with Crippen LogP contribution < -0.4 is 0 Å². The number of ether oxygens (including phenoxy) is 1. The highest BCUT2D eigenvalue weighted by molar-refractivity contribution is 6.14. The Balaban J connectivity index is 2.29. The van der Waals surface area contributed by atoms with Gasteiger partial charge in [-0.2, -0.15) is 0 Å². The molecule has 3 nitrogen and oxygen atoms in total. The summed E-state index contributed by atoms with van der Waals surface area (Å²) in [7, 11) is 0. The van der Waals surface area contributed by atoms with E-state index < -0.39 is 5.97 Å². The van der Waals surface area contributed by atoms with Crippen molar-refractivity contribution in [3.8, 4) is 0 Å². The van der Waals surface area contributed by atoms with E-state index >= 15 is 0 Å². The zero-order valence-electron chi connectivity index (χ0n) is 12.2. The van der Waals surface area contributed by atoms with E-state index in [2.05, 4.69) is 0 Å². The van der Waals surface area contributed by atoms with E-state index in [4.69, 9.17) is 4.74 Å². The second-order valence-electron chi connectivity index (χ2n) is 5.23. The summed E-state index contributed by atoms with van der Waals surface area (Å²) in [6.07, 6.45) is 0. The molecule has 0 heterocycles. The van der Waals surface area contributed by atoms with Crippen molar-refractivity contribution in [1.29, 1.82) is 0 Å². The Kier molecular flexibility index (Phi) is 4.88. The van der Waals surface area contributed by atoms with Gasteiger partial charge in [0.2, 0.25) is 0 Å². The van der Waals surface area contributed by atoms with E-state index in [9.17, 15) is 9.59 Å². The molecule has 0 spiro atoms. The molecule has 0 fully saturated rings. The van der Waals surface area contributed by atoms with Gasteiger partial charge in [0.15, 0.2) is 5.78 Å². The third-order valence-electron chi connectivity index (χ3n) is 2.98. The molecule has 2 rings (SSSR count). The van der Waals surface area contributed by atoms with Crippen LogP contribution in [0.3, 0.4) is 0 Å². The van der Waals surface area contributed by atoms with Gasteiger partial charge in [-0.25, -0.2) is 4.79 Å². The van der Waals surface area contributed by atoms with E-state index in [0.717, 1.165) is 0 Å². The molecule has 0 unspecified atom stereocenters. The Morgan fingerprint density at radius 2 is 1.48 bits per heavy atom. The van der Waals surface area contributed by atoms with Crippen LogP contribution in [0.15, 0.2) is 54.6 Å². The minimum absolute atomic E-state index is 0.173. The van der Waals surface area contributed by atoms with Crippen molar-refractivity contribution in [1.82, 2.24) is 0 Å². The molecule has 0 saturated carbocycles. The number of hydrogen-bond acceptors (Lipinski definition) is 3. The van der Waals surface area contributed by atoms with Crippen LogP contribution in [0.5, 0.6) is 0 Å². The lowest BCUT2D eigenvalue weighted by molar-refractivity contribution is 0.0456. The van der Waals surface area contributed by atoms with E-state index in [0.29, 0.717) is 23.3 Å². The Bertz CT molecular complexity index is 630. The summed E-state index contributed by atoms with van der Waals surface area (Å²) in [6, 6.07) is 15.7. The van der Waals surface area contributed by atoms with E-state index in [-0.39, 0.29) is 11.7 Å². The fourth-order valence-corrected chi connectivity index (χ4v) is 1.92. The predicted molar refractivity (Wildman–Crippen MR) is 81.4 cm³/mol. The Morgan fingerprint density at radius 1 is 0.905 bits per heavy atom. The molecule has 0 radical (unpaired) electrons. The molecule has 0 aliphatic heterocycles. The maximum Gasteiger partial charge on any atom is 0.338 e. The molecule has 3 heteroatoms. The van der Waals surface area contributed by atoms with Crippen LogP contribution in [0.4, 0.5) is 0 Å². The number of rotatable bonds is 5. The topological polar surface area (TPSA) is 43.4 Å². The summed E-state index contributed by atoms with van der Waals surface area (Å²) in [5, 5.41) is 0. The monoisotopic (exact) mass is 282 g/mol. The molecule has 0 atom stereocenters. The van der Waals surface area contributed by atoms with Crippen LogP contribution in [0, 0.1) is 5.92 Å². The number of hydrogen-bond donors (Lipinski definition) is 0. The third kappa shape index (κ3) is 3.78. The molecule has 0 amide bonds. The average molecular weight is 282 g/mol. The first-order valence-corrected chi connectivity index (χ1v) is 6.95. The zero-order valence-corrected chi connectivity index (χ0v) is 12.2. The summed E-state index contributed by atoms with van der Waals surface area (Å²) < 4.78 is 5.23. The summed E-state index contributed by atoms with van der Waals surface area (Å²) >= 11 is 0. The van der Waals surface area contributed by atoms with E-state index in [1.807, 2.05) is 19.9 Å². The van der Waals surface area contributed by atoms with Crippen LogP contribution in [0.2, 0.25) is 0 Å². The van der Waals surface area contributed by atoms with Gasteiger partial charge >= 0.3 is 5.97 Å². The number of esters is 1. The van der Waals surface area contributed by atoms with Crippen LogP contribution in [0.25, 0.3) is 0 Å². The number of carbonyl (C=O) groups excluding carboxylic acids is 2. The molecule has 0 saturated heterocycles. The van der Waals surface area contributed by atoms with Crippen molar-refractivity contribution in [2.24, 2.45) is 5.92 Å². The highest BCUT2D eigenvalue weighted by Crippen LogP contribution is 2.16. The molecule has 2 aromatic rings. The number of carbonyl (C=O) groups is 2. The SMILES string of the molecule is CC(C)COC(=O)c1ccccc1C(=O)c1ccccc1. The van der Waals surface area contributed by atoms with Gasteiger partial charge in [0.1, 0.15) is 0 Å². The Morgan fingerprint density at radius 3 is 2.10 bits per heavy atom. The van der Waals surface area contributed by atoms with Gasteiger partial charge in [-0.3, -0.25) is 4.79 Å². The number of ketones is 1. The fraction of sp³-hybridized carbons (Fsp3) is 0.222. The van der Waals surface area contributed by atoms with Crippen molar-refractivity contribution in [3.05, 3.63) is 71.3 Å². The van der Waals surface area contributed by atoms with Gasteiger partial charge in [0, 0.05) is 11.1 Å². The largest absolute Gasteiger partial charge is 0.462 e. The minimum Gasteiger partial charge on any atom is -0.462 e. The van der Waals surface area contributed by atoms with Crippen molar-refractivity contribution < 1.29 is 14.3 Å². The quantitative estimate of drug-likeness (QED) is 0.620. The molecular formula is C18H18O3. The molecule has 2 aromatic carbocycles. The highest BCUT2D eigenvalue weighted by Gasteiger charge is 2.18. The Hall–Kier alpha value is -2.42. The van der Waals surface area contributed by atoms with Crippen molar-refractivity contribution in [3.63, 3.8) is 0 Å². The lowest BCUT2D eigenvalue weighted by atomic mass is 9.98.